The van der Waals surface area contributed by atoms with Crippen LogP contribution in [0.15, 0.2) is 39.5 Å². The fourth-order valence-electron chi connectivity index (χ4n) is 3.13. The highest BCUT2D eigenvalue weighted by molar-refractivity contribution is 6.05. The lowest BCUT2D eigenvalue weighted by Crippen LogP contribution is -2.24. The summed E-state index contributed by atoms with van der Waals surface area (Å²) in [7, 11) is 1.68. The lowest BCUT2D eigenvalue weighted by atomic mass is 9.83. The number of hydrogen-bond acceptors (Lipinski definition) is 6. The van der Waals surface area contributed by atoms with Gasteiger partial charge in [0.05, 0.1) is 7.05 Å². The van der Waals surface area contributed by atoms with E-state index in [9.17, 15) is 9.59 Å². The van der Waals surface area contributed by atoms with Gasteiger partial charge in [-0.1, -0.05) is 18.6 Å². The zero-order valence-electron chi connectivity index (χ0n) is 15.1. The van der Waals surface area contributed by atoms with E-state index in [-0.39, 0.29) is 5.56 Å². The first-order chi connectivity index (χ1) is 13.0. The lowest BCUT2D eigenvalue weighted by molar-refractivity contribution is 0.102. The lowest BCUT2D eigenvalue weighted by Gasteiger charge is -2.24. The molecule has 1 aliphatic rings. The van der Waals surface area contributed by atoms with Crippen LogP contribution in [0.1, 0.15) is 46.9 Å². The molecule has 3 aromatic rings. The van der Waals surface area contributed by atoms with Crippen LogP contribution < -0.4 is 10.9 Å². The summed E-state index contributed by atoms with van der Waals surface area (Å²) in [4.78, 5) is 26.4. The van der Waals surface area contributed by atoms with Crippen molar-refractivity contribution in [2.75, 3.05) is 5.32 Å². The van der Waals surface area contributed by atoms with E-state index in [0.717, 1.165) is 19.3 Å². The van der Waals surface area contributed by atoms with Crippen LogP contribution in [0.5, 0.6) is 0 Å². The summed E-state index contributed by atoms with van der Waals surface area (Å²) in [5.74, 6) is 0.931. The highest BCUT2D eigenvalue weighted by Gasteiger charge is 2.25. The summed E-state index contributed by atoms with van der Waals surface area (Å²) >= 11 is 0. The van der Waals surface area contributed by atoms with Crippen LogP contribution >= 0.6 is 0 Å². The molecule has 27 heavy (non-hydrogen) atoms. The number of aryl methyl sites for hydroxylation is 2. The molecule has 1 amide bonds. The minimum absolute atomic E-state index is 0.0288. The van der Waals surface area contributed by atoms with Gasteiger partial charge in [-0.3, -0.25) is 4.79 Å². The maximum Gasteiger partial charge on any atom is 0.349 e. The van der Waals surface area contributed by atoms with Gasteiger partial charge in [0.1, 0.15) is 11.3 Å². The van der Waals surface area contributed by atoms with Gasteiger partial charge < -0.3 is 9.73 Å². The topological polar surface area (TPSA) is 103 Å². The Morgan fingerprint density at radius 1 is 1.30 bits per heavy atom. The summed E-state index contributed by atoms with van der Waals surface area (Å²) in [6.45, 7) is 1.76. The van der Waals surface area contributed by atoms with E-state index >= 15 is 0 Å². The van der Waals surface area contributed by atoms with Gasteiger partial charge in [-0.05, 0) is 48.7 Å². The predicted octanol–water partition coefficient (Wildman–Crippen LogP) is 2.66. The van der Waals surface area contributed by atoms with Gasteiger partial charge in [0, 0.05) is 17.2 Å². The highest BCUT2D eigenvalue weighted by atomic mass is 16.4. The first-order valence-corrected chi connectivity index (χ1v) is 8.81. The SMILES string of the molecule is Cc1cc(C2CCC2)oc(=O)c1C(=O)Nc1cccc(-c2nnn(C)n2)c1. The number of tetrazole rings is 1. The smallest absolute Gasteiger partial charge is 0.349 e. The second-order valence-electron chi connectivity index (χ2n) is 6.76. The van der Waals surface area contributed by atoms with Gasteiger partial charge in [-0.2, -0.15) is 4.80 Å². The molecule has 1 N–H and O–H groups in total. The van der Waals surface area contributed by atoms with E-state index in [1.165, 1.54) is 4.80 Å². The maximum absolute atomic E-state index is 12.7. The molecule has 0 bridgehead atoms. The summed E-state index contributed by atoms with van der Waals surface area (Å²) in [6, 6.07) is 8.86. The van der Waals surface area contributed by atoms with Gasteiger partial charge in [-0.15, -0.1) is 10.2 Å². The van der Waals surface area contributed by atoms with E-state index in [0.29, 0.717) is 34.3 Å². The number of anilines is 1. The number of benzene rings is 1. The van der Waals surface area contributed by atoms with Gasteiger partial charge in [0.15, 0.2) is 0 Å². The quantitative estimate of drug-likeness (QED) is 0.762. The van der Waals surface area contributed by atoms with Gasteiger partial charge in [0.2, 0.25) is 5.82 Å². The van der Waals surface area contributed by atoms with Crippen LogP contribution in [-0.4, -0.2) is 26.1 Å². The van der Waals surface area contributed by atoms with Crippen molar-refractivity contribution in [2.24, 2.45) is 7.05 Å². The molecule has 2 heterocycles. The molecule has 8 heteroatoms. The van der Waals surface area contributed by atoms with Gasteiger partial charge >= 0.3 is 5.63 Å². The third-order valence-corrected chi connectivity index (χ3v) is 4.79. The molecule has 1 aromatic carbocycles. The Morgan fingerprint density at radius 2 is 2.11 bits per heavy atom. The van der Waals surface area contributed by atoms with Crippen LogP contribution in [0.3, 0.4) is 0 Å². The number of rotatable bonds is 4. The Balaban J connectivity index is 1.58. The number of aromatic nitrogens is 4. The Labute approximate surface area is 155 Å². The zero-order chi connectivity index (χ0) is 19.0. The maximum atomic E-state index is 12.7. The third-order valence-electron chi connectivity index (χ3n) is 4.79. The van der Waals surface area contributed by atoms with E-state index in [2.05, 4.69) is 20.7 Å². The zero-order valence-corrected chi connectivity index (χ0v) is 15.1. The van der Waals surface area contributed by atoms with Crippen LogP contribution in [0.25, 0.3) is 11.4 Å². The summed E-state index contributed by atoms with van der Waals surface area (Å²) in [5.41, 5.74) is 1.30. The van der Waals surface area contributed by atoms with E-state index in [1.807, 2.05) is 6.07 Å². The molecular weight excluding hydrogens is 346 g/mol. The Bertz CT molecular complexity index is 1070. The molecule has 0 atom stereocenters. The Hall–Kier alpha value is -3.29. The molecule has 0 radical (unpaired) electrons. The molecule has 4 rings (SSSR count). The van der Waals surface area contributed by atoms with Gasteiger partial charge in [-0.25, -0.2) is 4.79 Å². The Morgan fingerprint density at radius 3 is 2.74 bits per heavy atom. The minimum atomic E-state index is -0.596. The van der Waals surface area contributed by atoms with E-state index < -0.39 is 11.5 Å². The minimum Gasteiger partial charge on any atom is -0.427 e. The molecular formula is C19H19N5O3. The van der Waals surface area contributed by atoms with Crippen molar-refractivity contribution in [1.29, 1.82) is 0 Å². The van der Waals surface area contributed by atoms with Crippen molar-refractivity contribution < 1.29 is 9.21 Å². The standard InChI is InChI=1S/C19H19N5O3/c1-11-9-15(12-5-3-6-12)27-19(26)16(11)18(25)20-14-8-4-7-13(10-14)17-21-23-24(2)22-17/h4,7-10,12H,3,5-6H2,1-2H3,(H,20,25). The number of nitrogens with zero attached hydrogens (tertiary/aromatic N) is 4. The van der Waals surface area contributed by atoms with Crippen molar-refractivity contribution in [3.63, 3.8) is 0 Å². The van der Waals surface area contributed by atoms with E-state index in [4.69, 9.17) is 4.42 Å². The Kier molecular flexibility index (Phi) is 4.31. The second-order valence-corrected chi connectivity index (χ2v) is 6.76. The molecule has 1 saturated carbocycles. The van der Waals surface area contributed by atoms with Crippen molar-refractivity contribution in [3.05, 3.63) is 57.6 Å². The molecule has 1 aliphatic carbocycles. The predicted molar refractivity (Wildman–Crippen MR) is 98.5 cm³/mol. The number of carbonyl (C=O) groups is 1. The molecule has 0 saturated heterocycles. The number of carbonyl (C=O) groups excluding carboxylic acids is 1. The summed E-state index contributed by atoms with van der Waals surface area (Å²) in [5, 5.41) is 14.7. The van der Waals surface area contributed by atoms with Crippen molar-refractivity contribution in [1.82, 2.24) is 20.2 Å². The molecule has 1 fully saturated rings. The molecule has 2 aromatic heterocycles. The normalized spacial score (nSPS) is 14.0. The monoisotopic (exact) mass is 365 g/mol. The average Bonchev–Trinajstić information content (AvgIpc) is 2.99. The molecule has 8 nitrogen and oxygen atoms in total. The van der Waals surface area contributed by atoms with Crippen molar-refractivity contribution in [3.8, 4) is 11.4 Å². The first-order valence-electron chi connectivity index (χ1n) is 8.81. The number of hydrogen-bond donors (Lipinski definition) is 1. The van der Waals surface area contributed by atoms with Gasteiger partial charge in [0.25, 0.3) is 5.91 Å². The molecule has 0 aliphatic heterocycles. The molecule has 0 unspecified atom stereocenters. The third kappa shape index (κ3) is 3.38. The van der Waals surface area contributed by atoms with Crippen molar-refractivity contribution in [2.45, 2.75) is 32.1 Å². The second kappa shape index (κ2) is 6.79. The fourth-order valence-corrected chi connectivity index (χ4v) is 3.13. The average molecular weight is 365 g/mol. The largest absolute Gasteiger partial charge is 0.427 e. The van der Waals surface area contributed by atoms with Crippen LogP contribution in [0.2, 0.25) is 0 Å². The molecule has 138 valence electrons. The fraction of sp³-hybridized carbons (Fsp3) is 0.316. The van der Waals surface area contributed by atoms with Crippen LogP contribution in [0.4, 0.5) is 5.69 Å². The number of amides is 1. The summed E-state index contributed by atoms with van der Waals surface area (Å²) in [6.07, 6.45) is 3.20. The van der Waals surface area contributed by atoms with Crippen LogP contribution in [-0.2, 0) is 7.05 Å². The summed E-state index contributed by atoms with van der Waals surface area (Å²) < 4.78 is 5.40. The van der Waals surface area contributed by atoms with Crippen LogP contribution in [0, 0.1) is 6.92 Å². The number of nitrogens with one attached hydrogen (secondary N) is 1. The highest BCUT2D eigenvalue weighted by Crippen LogP contribution is 2.36. The first kappa shape index (κ1) is 17.1. The molecule has 0 spiro atoms. The van der Waals surface area contributed by atoms with Crippen molar-refractivity contribution >= 4 is 11.6 Å². The van der Waals surface area contributed by atoms with E-state index in [1.54, 1.807) is 38.2 Å².